The summed E-state index contributed by atoms with van der Waals surface area (Å²) in [5.74, 6) is 0. The van der Waals surface area contributed by atoms with Crippen molar-refractivity contribution in [1.82, 2.24) is 4.90 Å². The number of carbonyl (C=O) groups is 2. The van der Waals surface area contributed by atoms with E-state index >= 15 is 0 Å². The molecule has 5 nitrogen and oxygen atoms in total. The van der Waals surface area contributed by atoms with E-state index in [1.807, 2.05) is 45.0 Å². The molecule has 1 saturated heterocycles. The van der Waals surface area contributed by atoms with E-state index in [2.05, 4.69) is 4.90 Å². The molecule has 0 aliphatic carbocycles. The molecule has 1 heterocycles. The highest BCUT2D eigenvalue weighted by Crippen LogP contribution is 2.18. The zero-order valence-corrected chi connectivity index (χ0v) is 13.5. The second-order valence-electron chi connectivity index (χ2n) is 6.52. The first-order valence-electron chi connectivity index (χ1n) is 7.67. The highest BCUT2D eigenvalue weighted by molar-refractivity contribution is 5.75. The first-order chi connectivity index (χ1) is 10.4. The molecule has 1 aliphatic heterocycles. The minimum absolute atomic E-state index is 0.245. The summed E-state index contributed by atoms with van der Waals surface area (Å²) >= 11 is 0. The normalized spacial score (nSPS) is 16.1. The summed E-state index contributed by atoms with van der Waals surface area (Å²) in [6.07, 6.45) is 1.50. The largest absolute Gasteiger partial charge is 0.444 e. The standard InChI is InChI=1S/C17H24N2O3/c1-17(2,3)22-16(21)19-10-4-9-18(11-12-19)15-7-5-14(13-20)6-8-15/h5-8,13H,4,9-12H2,1-3H3. The number of hydrogen-bond donors (Lipinski definition) is 0. The molecule has 1 amide bonds. The molecule has 120 valence electrons. The van der Waals surface area contributed by atoms with Crippen molar-refractivity contribution in [1.29, 1.82) is 0 Å². The van der Waals surface area contributed by atoms with Crippen LogP contribution in [0.3, 0.4) is 0 Å². The van der Waals surface area contributed by atoms with E-state index in [1.165, 1.54) is 0 Å². The van der Waals surface area contributed by atoms with Crippen molar-refractivity contribution in [2.24, 2.45) is 0 Å². The van der Waals surface area contributed by atoms with Crippen molar-refractivity contribution >= 4 is 18.1 Å². The third kappa shape index (κ3) is 4.48. The third-order valence-corrected chi connectivity index (χ3v) is 3.54. The molecule has 0 N–H and O–H groups in total. The van der Waals surface area contributed by atoms with Gasteiger partial charge in [0.05, 0.1) is 0 Å². The van der Waals surface area contributed by atoms with Gasteiger partial charge in [-0.25, -0.2) is 4.79 Å². The van der Waals surface area contributed by atoms with Crippen LogP contribution in [0.25, 0.3) is 0 Å². The lowest BCUT2D eigenvalue weighted by molar-refractivity contribution is 0.0263. The lowest BCUT2D eigenvalue weighted by Gasteiger charge is -2.27. The fourth-order valence-electron chi connectivity index (χ4n) is 2.45. The van der Waals surface area contributed by atoms with Crippen LogP contribution in [0.1, 0.15) is 37.6 Å². The van der Waals surface area contributed by atoms with Gasteiger partial charge >= 0.3 is 6.09 Å². The SMILES string of the molecule is CC(C)(C)OC(=O)N1CCCN(c2ccc(C=O)cc2)CC1. The number of amides is 1. The molecule has 0 saturated carbocycles. The van der Waals surface area contributed by atoms with Gasteiger partial charge in [-0.05, 0) is 51.5 Å². The monoisotopic (exact) mass is 304 g/mol. The summed E-state index contributed by atoms with van der Waals surface area (Å²) in [6, 6.07) is 7.54. The van der Waals surface area contributed by atoms with Crippen LogP contribution in [0, 0.1) is 0 Å². The summed E-state index contributed by atoms with van der Waals surface area (Å²) < 4.78 is 5.43. The highest BCUT2D eigenvalue weighted by atomic mass is 16.6. The average molecular weight is 304 g/mol. The lowest BCUT2D eigenvalue weighted by Crippen LogP contribution is -2.39. The number of anilines is 1. The topological polar surface area (TPSA) is 49.9 Å². The number of ether oxygens (including phenoxy) is 1. The van der Waals surface area contributed by atoms with Crippen molar-refractivity contribution < 1.29 is 14.3 Å². The van der Waals surface area contributed by atoms with Crippen LogP contribution in [0.5, 0.6) is 0 Å². The maximum Gasteiger partial charge on any atom is 0.410 e. The molecule has 0 atom stereocenters. The molecule has 0 spiro atoms. The number of aldehydes is 1. The highest BCUT2D eigenvalue weighted by Gasteiger charge is 2.24. The zero-order valence-electron chi connectivity index (χ0n) is 13.5. The Hall–Kier alpha value is -2.04. The Morgan fingerprint density at radius 3 is 2.36 bits per heavy atom. The van der Waals surface area contributed by atoms with Crippen LogP contribution in [0.4, 0.5) is 10.5 Å². The number of carbonyl (C=O) groups excluding carboxylic acids is 2. The fourth-order valence-corrected chi connectivity index (χ4v) is 2.45. The van der Waals surface area contributed by atoms with Crippen molar-refractivity contribution in [2.45, 2.75) is 32.8 Å². The Balaban J connectivity index is 1.97. The Labute approximate surface area is 131 Å². The van der Waals surface area contributed by atoms with Gasteiger partial charge in [-0.1, -0.05) is 0 Å². The molecule has 5 heteroatoms. The summed E-state index contributed by atoms with van der Waals surface area (Å²) in [6.45, 7) is 8.64. The molecule has 0 aromatic heterocycles. The van der Waals surface area contributed by atoms with Gasteiger partial charge in [0, 0.05) is 37.4 Å². The van der Waals surface area contributed by atoms with Crippen LogP contribution in [-0.4, -0.2) is 49.1 Å². The Kier molecular flexibility index (Phi) is 5.06. The minimum atomic E-state index is -0.465. The molecular formula is C17H24N2O3. The molecule has 2 rings (SSSR count). The van der Waals surface area contributed by atoms with Gasteiger partial charge in [0.25, 0.3) is 0 Å². The van der Waals surface area contributed by atoms with Gasteiger partial charge in [-0.2, -0.15) is 0 Å². The van der Waals surface area contributed by atoms with E-state index in [-0.39, 0.29) is 6.09 Å². The number of benzene rings is 1. The maximum atomic E-state index is 12.1. The first-order valence-corrected chi connectivity index (χ1v) is 7.67. The molecule has 0 unspecified atom stereocenters. The molecule has 1 aromatic carbocycles. The molecule has 1 fully saturated rings. The Bertz CT molecular complexity index is 520. The smallest absolute Gasteiger partial charge is 0.410 e. The fraction of sp³-hybridized carbons (Fsp3) is 0.529. The van der Waals surface area contributed by atoms with Crippen LogP contribution in [-0.2, 0) is 4.74 Å². The van der Waals surface area contributed by atoms with Crippen LogP contribution in [0.15, 0.2) is 24.3 Å². The first kappa shape index (κ1) is 16.3. The summed E-state index contributed by atoms with van der Waals surface area (Å²) in [5, 5.41) is 0. The molecule has 1 aromatic rings. The second kappa shape index (κ2) is 6.81. The molecular weight excluding hydrogens is 280 g/mol. The summed E-state index contributed by atoms with van der Waals surface area (Å²) in [4.78, 5) is 26.9. The van der Waals surface area contributed by atoms with Gasteiger partial charge < -0.3 is 14.5 Å². The number of hydrogen-bond acceptors (Lipinski definition) is 4. The lowest BCUT2D eigenvalue weighted by atomic mass is 10.2. The van der Waals surface area contributed by atoms with E-state index in [4.69, 9.17) is 4.74 Å². The molecule has 0 bridgehead atoms. The van der Waals surface area contributed by atoms with Gasteiger partial charge in [0.1, 0.15) is 11.9 Å². The van der Waals surface area contributed by atoms with E-state index in [0.29, 0.717) is 18.7 Å². The molecule has 22 heavy (non-hydrogen) atoms. The maximum absolute atomic E-state index is 12.1. The summed E-state index contributed by atoms with van der Waals surface area (Å²) in [5.41, 5.74) is 1.29. The zero-order chi connectivity index (χ0) is 16.2. The van der Waals surface area contributed by atoms with E-state index < -0.39 is 5.60 Å². The van der Waals surface area contributed by atoms with E-state index in [0.717, 1.165) is 31.5 Å². The summed E-state index contributed by atoms with van der Waals surface area (Å²) in [7, 11) is 0. The third-order valence-electron chi connectivity index (χ3n) is 3.54. The predicted molar refractivity (Wildman–Crippen MR) is 86.5 cm³/mol. The van der Waals surface area contributed by atoms with Crippen LogP contribution >= 0.6 is 0 Å². The van der Waals surface area contributed by atoms with E-state index in [9.17, 15) is 9.59 Å². The van der Waals surface area contributed by atoms with Crippen molar-refractivity contribution in [3.8, 4) is 0 Å². The van der Waals surface area contributed by atoms with Gasteiger partial charge in [-0.15, -0.1) is 0 Å². The van der Waals surface area contributed by atoms with Gasteiger partial charge in [-0.3, -0.25) is 4.79 Å². The number of nitrogens with zero attached hydrogens (tertiary/aromatic N) is 2. The van der Waals surface area contributed by atoms with Gasteiger partial charge in [0.15, 0.2) is 0 Å². The number of rotatable bonds is 2. The van der Waals surface area contributed by atoms with Crippen molar-refractivity contribution in [2.75, 3.05) is 31.1 Å². The van der Waals surface area contributed by atoms with Crippen LogP contribution in [0.2, 0.25) is 0 Å². The molecule has 0 radical (unpaired) electrons. The van der Waals surface area contributed by atoms with Crippen molar-refractivity contribution in [3.63, 3.8) is 0 Å². The quantitative estimate of drug-likeness (QED) is 0.788. The Morgan fingerprint density at radius 1 is 1.09 bits per heavy atom. The van der Waals surface area contributed by atoms with Crippen LogP contribution < -0.4 is 4.90 Å². The minimum Gasteiger partial charge on any atom is -0.444 e. The Morgan fingerprint density at radius 2 is 1.77 bits per heavy atom. The predicted octanol–water partition coefficient (Wildman–Crippen LogP) is 2.95. The van der Waals surface area contributed by atoms with Crippen molar-refractivity contribution in [3.05, 3.63) is 29.8 Å². The van der Waals surface area contributed by atoms with Gasteiger partial charge in [0.2, 0.25) is 0 Å². The van der Waals surface area contributed by atoms with E-state index in [1.54, 1.807) is 4.90 Å². The second-order valence-corrected chi connectivity index (χ2v) is 6.52. The molecule has 1 aliphatic rings. The average Bonchev–Trinajstić information content (AvgIpc) is 2.71.